The first kappa shape index (κ1) is 14.2. The molecule has 1 unspecified atom stereocenters. The molecule has 4 nitrogen and oxygen atoms in total. The molecule has 19 heavy (non-hydrogen) atoms. The highest BCUT2D eigenvalue weighted by Crippen LogP contribution is 2.26. The molecular weight excluding hydrogens is 264 g/mol. The highest BCUT2D eigenvalue weighted by atomic mass is 35.5. The molecular formula is C14H19ClN2O2. The number of carboxylic acids is 1. The van der Waals surface area contributed by atoms with E-state index in [4.69, 9.17) is 11.6 Å². The first-order chi connectivity index (χ1) is 8.97. The molecule has 0 amide bonds. The van der Waals surface area contributed by atoms with E-state index < -0.39 is 5.97 Å². The molecule has 5 heteroatoms. The third kappa shape index (κ3) is 3.39. The number of rotatable bonds is 4. The molecule has 0 bridgehead atoms. The smallest absolute Gasteiger partial charge is 0.337 e. The lowest BCUT2D eigenvalue weighted by molar-refractivity contribution is 0.0697. The second-order valence-electron chi connectivity index (χ2n) is 5.26. The zero-order valence-electron chi connectivity index (χ0n) is 11.3. The maximum Gasteiger partial charge on any atom is 0.337 e. The van der Waals surface area contributed by atoms with Gasteiger partial charge in [-0.3, -0.25) is 0 Å². The molecule has 1 aliphatic rings. The third-order valence-electron chi connectivity index (χ3n) is 3.62. The SMILES string of the molecule is CN1CCC(CN(C)c2cc(Cl)ccc2C(=O)O)C1. The van der Waals surface area contributed by atoms with E-state index in [1.165, 1.54) is 0 Å². The van der Waals surface area contributed by atoms with Crippen molar-refractivity contribution in [1.82, 2.24) is 4.90 Å². The molecule has 1 saturated heterocycles. The van der Waals surface area contributed by atoms with Crippen LogP contribution < -0.4 is 4.90 Å². The quantitative estimate of drug-likeness (QED) is 0.921. The molecule has 1 fully saturated rings. The van der Waals surface area contributed by atoms with Gasteiger partial charge in [0.15, 0.2) is 0 Å². The predicted octanol–water partition coefficient (Wildman–Crippen LogP) is 2.43. The molecule has 0 saturated carbocycles. The molecule has 1 atom stereocenters. The predicted molar refractivity (Wildman–Crippen MR) is 77.3 cm³/mol. The summed E-state index contributed by atoms with van der Waals surface area (Å²) in [5.74, 6) is -0.335. The highest BCUT2D eigenvalue weighted by molar-refractivity contribution is 6.31. The first-order valence-corrected chi connectivity index (χ1v) is 6.77. The third-order valence-corrected chi connectivity index (χ3v) is 3.86. The van der Waals surface area contributed by atoms with Gasteiger partial charge < -0.3 is 14.9 Å². The van der Waals surface area contributed by atoms with Gasteiger partial charge in [-0.25, -0.2) is 4.79 Å². The minimum absolute atomic E-state index is 0.304. The molecule has 2 rings (SSSR count). The number of carbonyl (C=O) groups is 1. The Morgan fingerprint density at radius 3 is 2.89 bits per heavy atom. The molecule has 0 aromatic heterocycles. The lowest BCUT2D eigenvalue weighted by Gasteiger charge is -2.24. The summed E-state index contributed by atoms with van der Waals surface area (Å²) < 4.78 is 0. The van der Waals surface area contributed by atoms with Crippen molar-refractivity contribution in [2.24, 2.45) is 5.92 Å². The Bertz CT molecular complexity index is 479. The fraction of sp³-hybridized carbons (Fsp3) is 0.500. The second kappa shape index (κ2) is 5.80. The van der Waals surface area contributed by atoms with Crippen molar-refractivity contribution in [1.29, 1.82) is 0 Å². The van der Waals surface area contributed by atoms with Crippen LogP contribution in [0.4, 0.5) is 5.69 Å². The lowest BCUT2D eigenvalue weighted by Crippen LogP contribution is -2.28. The Balaban J connectivity index is 2.15. The Hall–Kier alpha value is -1.26. The average Bonchev–Trinajstić information content (AvgIpc) is 2.74. The lowest BCUT2D eigenvalue weighted by atomic mass is 10.1. The summed E-state index contributed by atoms with van der Waals surface area (Å²) in [6, 6.07) is 4.91. The topological polar surface area (TPSA) is 43.8 Å². The molecule has 1 aromatic rings. The number of benzene rings is 1. The number of hydrogen-bond donors (Lipinski definition) is 1. The van der Waals surface area contributed by atoms with Crippen LogP contribution in [0.5, 0.6) is 0 Å². The number of nitrogens with zero attached hydrogens (tertiary/aromatic N) is 2. The van der Waals surface area contributed by atoms with Gasteiger partial charge in [0.25, 0.3) is 0 Å². The van der Waals surface area contributed by atoms with Gasteiger partial charge in [-0.2, -0.15) is 0 Å². The summed E-state index contributed by atoms with van der Waals surface area (Å²) in [6.07, 6.45) is 1.16. The van der Waals surface area contributed by atoms with Gasteiger partial charge >= 0.3 is 5.97 Å². The molecule has 0 radical (unpaired) electrons. The van der Waals surface area contributed by atoms with Crippen molar-refractivity contribution >= 4 is 23.3 Å². The van der Waals surface area contributed by atoms with E-state index in [0.717, 1.165) is 26.1 Å². The van der Waals surface area contributed by atoms with Crippen molar-refractivity contribution < 1.29 is 9.90 Å². The Morgan fingerprint density at radius 1 is 1.58 bits per heavy atom. The monoisotopic (exact) mass is 282 g/mol. The maximum absolute atomic E-state index is 11.2. The van der Waals surface area contributed by atoms with Gasteiger partial charge in [-0.05, 0) is 44.1 Å². The Kier molecular flexibility index (Phi) is 4.32. The molecule has 1 N–H and O–H groups in total. The minimum atomic E-state index is -0.915. The zero-order chi connectivity index (χ0) is 14.0. The average molecular weight is 283 g/mol. The molecule has 104 valence electrons. The van der Waals surface area contributed by atoms with Gasteiger partial charge in [0.1, 0.15) is 0 Å². The Morgan fingerprint density at radius 2 is 2.32 bits per heavy atom. The van der Waals surface area contributed by atoms with E-state index in [0.29, 0.717) is 22.2 Å². The molecule has 1 aromatic carbocycles. The van der Waals surface area contributed by atoms with Gasteiger partial charge in [0.05, 0.1) is 11.3 Å². The van der Waals surface area contributed by atoms with Gasteiger partial charge in [-0.1, -0.05) is 11.6 Å². The van der Waals surface area contributed by atoms with E-state index >= 15 is 0 Å². The number of hydrogen-bond acceptors (Lipinski definition) is 3. The molecule has 0 spiro atoms. The van der Waals surface area contributed by atoms with Crippen molar-refractivity contribution in [3.05, 3.63) is 28.8 Å². The number of halogens is 1. The summed E-state index contributed by atoms with van der Waals surface area (Å²) in [7, 11) is 4.04. The van der Waals surface area contributed by atoms with Gasteiger partial charge in [0, 0.05) is 25.2 Å². The highest BCUT2D eigenvalue weighted by Gasteiger charge is 2.22. The van der Waals surface area contributed by atoms with E-state index in [1.54, 1.807) is 18.2 Å². The zero-order valence-corrected chi connectivity index (χ0v) is 12.0. The first-order valence-electron chi connectivity index (χ1n) is 6.40. The van der Waals surface area contributed by atoms with Crippen molar-refractivity contribution in [2.75, 3.05) is 38.6 Å². The van der Waals surface area contributed by atoms with E-state index in [9.17, 15) is 9.90 Å². The van der Waals surface area contributed by atoms with Crippen LogP contribution in [0.2, 0.25) is 5.02 Å². The van der Waals surface area contributed by atoms with Crippen molar-refractivity contribution in [3.63, 3.8) is 0 Å². The second-order valence-corrected chi connectivity index (χ2v) is 5.70. The van der Waals surface area contributed by atoms with Crippen LogP contribution in [0, 0.1) is 5.92 Å². The van der Waals surface area contributed by atoms with Crippen LogP contribution in [-0.4, -0.2) is 49.7 Å². The van der Waals surface area contributed by atoms with Crippen LogP contribution in [0.1, 0.15) is 16.8 Å². The van der Waals surface area contributed by atoms with Crippen LogP contribution in [0.25, 0.3) is 0 Å². The number of carboxylic acid groups (broad SMARTS) is 1. The van der Waals surface area contributed by atoms with Crippen LogP contribution in [0.3, 0.4) is 0 Å². The summed E-state index contributed by atoms with van der Waals surface area (Å²) in [5.41, 5.74) is 0.993. The standard InChI is InChI=1S/C14H19ClN2O2/c1-16-6-5-10(8-16)9-17(2)13-7-11(15)3-4-12(13)14(18)19/h3-4,7,10H,5-6,8-9H2,1-2H3,(H,18,19). The number of aromatic carboxylic acids is 1. The molecule has 0 aliphatic carbocycles. The van der Waals surface area contributed by atoms with Crippen LogP contribution in [-0.2, 0) is 0 Å². The van der Waals surface area contributed by atoms with Gasteiger partial charge in [0.2, 0.25) is 0 Å². The van der Waals surface area contributed by atoms with E-state index in [1.807, 2.05) is 11.9 Å². The summed E-state index contributed by atoms with van der Waals surface area (Å²) in [5, 5.41) is 9.80. The fourth-order valence-electron chi connectivity index (χ4n) is 2.66. The maximum atomic E-state index is 11.2. The fourth-order valence-corrected chi connectivity index (χ4v) is 2.83. The summed E-state index contributed by atoms with van der Waals surface area (Å²) >= 11 is 5.98. The molecule has 1 aliphatic heterocycles. The Labute approximate surface area is 118 Å². The van der Waals surface area contributed by atoms with Gasteiger partial charge in [-0.15, -0.1) is 0 Å². The minimum Gasteiger partial charge on any atom is -0.478 e. The summed E-state index contributed by atoms with van der Waals surface area (Å²) in [4.78, 5) is 15.5. The van der Waals surface area contributed by atoms with E-state index in [-0.39, 0.29) is 0 Å². The van der Waals surface area contributed by atoms with Crippen molar-refractivity contribution in [2.45, 2.75) is 6.42 Å². The van der Waals surface area contributed by atoms with Crippen LogP contribution >= 0.6 is 11.6 Å². The van der Waals surface area contributed by atoms with E-state index in [2.05, 4.69) is 11.9 Å². The summed E-state index contributed by atoms with van der Waals surface area (Å²) in [6.45, 7) is 3.03. The molecule has 1 heterocycles. The number of likely N-dealkylation sites (tertiary alicyclic amines) is 1. The normalized spacial score (nSPS) is 19.6. The largest absolute Gasteiger partial charge is 0.478 e. The van der Waals surface area contributed by atoms with Crippen LogP contribution in [0.15, 0.2) is 18.2 Å². The van der Waals surface area contributed by atoms with Crippen molar-refractivity contribution in [3.8, 4) is 0 Å². The number of anilines is 1.